The van der Waals surface area contributed by atoms with E-state index < -0.39 is 0 Å². The fourth-order valence-corrected chi connectivity index (χ4v) is 4.20. The third-order valence-corrected chi connectivity index (χ3v) is 5.90. The summed E-state index contributed by atoms with van der Waals surface area (Å²) in [7, 11) is 1.68. The zero-order valence-electron chi connectivity index (χ0n) is 16.7. The molecule has 0 bridgehead atoms. The van der Waals surface area contributed by atoms with Crippen molar-refractivity contribution in [3.05, 3.63) is 54.5 Å². The number of fused-ring (bicyclic) bond motifs is 1. The molecule has 150 valence electrons. The number of benzene rings is 1. The number of carbonyl (C=O) groups is 1. The molecule has 0 spiro atoms. The first kappa shape index (κ1) is 18.0. The lowest BCUT2D eigenvalue weighted by atomic mass is 9.97. The van der Waals surface area contributed by atoms with Crippen molar-refractivity contribution in [2.24, 2.45) is 0 Å². The van der Waals surface area contributed by atoms with Crippen LogP contribution in [0.2, 0.25) is 0 Å². The number of likely N-dealkylation sites (tertiary alicyclic amines) is 1. The Morgan fingerprint density at radius 2 is 2.07 bits per heavy atom. The molecule has 1 aliphatic carbocycles. The maximum absolute atomic E-state index is 12.6. The fraction of sp³-hybridized carbons (Fsp3) is 0.391. The van der Waals surface area contributed by atoms with Gasteiger partial charge in [0.25, 0.3) is 0 Å². The number of urea groups is 1. The highest BCUT2D eigenvalue weighted by atomic mass is 16.5. The van der Waals surface area contributed by atoms with Gasteiger partial charge in [-0.15, -0.1) is 0 Å². The van der Waals surface area contributed by atoms with Crippen LogP contribution in [0.1, 0.15) is 37.4 Å². The van der Waals surface area contributed by atoms with E-state index in [1.165, 1.54) is 0 Å². The van der Waals surface area contributed by atoms with Crippen LogP contribution < -0.4 is 10.1 Å². The fourth-order valence-electron chi connectivity index (χ4n) is 4.20. The topological polar surface area (TPSA) is 58.9 Å². The van der Waals surface area contributed by atoms with Gasteiger partial charge >= 0.3 is 6.03 Å². The van der Waals surface area contributed by atoms with Crippen molar-refractivity contribution in [1.82, 2.24) is 19.6 Å². The van der Waals surface area contributed by atoms with Gasteiger partial charge in [-0.3, -0.25) is 0 Å². The Bertz CT molecular complexity index is 1040. The van der Waals surface area contributed by atoms with E-state index in [1.54, 1.807) is 7.11 Å². The first-order chi connectivity index (χ1) is 14.2. The summed E-state index contributed by atoms with van der Waals surface area (Å²) in [4.78, 5) is 19.6. The molecule has 0 radical (unpaired) electrons. The Hall–Kier alpha value is -3.02. The van der Waals surface area contributed by atoms with Gasteiger partial charge in [-0.2, -0.15) is 0 Å². The molecule has 3 aromatic rings. The number of piperidine rings is 1. The van der Waals surface area contributed by atoms with Crippen LogP contribution in [0.3, 0.4) is 0 Å². The zero-order valence-corrected chi connectivity index (χ0v) is 16.7. The Balaban J connectivity index is 1.49. The number of hydrogen-bond acceptors (Lipinski definition) is 3. The predicted molar refractivity (Wildman–Crippen MR) is 112 cm³/mol. The Morgan fingerprint density at radius 1 is 1.17 bits per heavy atom. The van der Waals surface area contributed by atoms with Crippen LogP contribution in [0.5, 0.6) is 5.75 Å². The van der Waals surface area contributed by atoms with Gasteiger partial charge in [0.15, 0.2) is 0 Å². The minimum Gasteiger partial charge on any atom is -0.497 e. The smallest absolute Gasteiger partial charge is 0.317 e. The van der Waals surface area contributed by atoms with E-state index in [0.717, 1.165) is 60.6 Å². The van der Waals surface area contributed by atoms with Gasteiger partial charge in [-0.25, -0.2) is 9.78 Å². The third kappa shape index (κ3) is 3.55. The Labute approximate surface area is 170 Å². The molecule has 1 aromatic carbocycles. The van der Waals surface area contributed by atoms with Crippen molar-refractivity contribution in [2.45, 2.75) is 37.6 Å². The molecule has 6 nitrogen and oxygen atoms in total. The molecule has 3 heterocycles. The average molecular weight is 390 g/mol. The van der Waals surface area contributed by atoms with E-state index in [4.69, 9.17) is 9.72 Å². The molecule has 29 heavy (non-hydrogen) atoms. The van der Waals surface area contributed by atoms with E-state index in [9.17, 15) is 4.79 Å². The Kier molecular flexibility index (Phi) is 4.62. The van der Waals surface area contributed by atoms with Crippen LogP contribution in [-0.4, -0.2) is 46.6 Å². The molecule has 2 fully saturated rings. The van der Waals surface area contributed by atoms with E-state index in [1.807, 2.05) is 35.2 Å². The number of aromatic nitrogens is 2. The largest absolute Gasteiger partial charge is 0.497 e. The molecule has 1 unspecified atom stereocenters. The van der Waals surface area contributed by atoms with E-state index in [2.05, 4.69) is 28.0 Å². The lowest BCUT2D eigenvalue weighted by molar-refractivity contribution is 0.178. The normalized spacial score (nSPS) is 19.3. The summed E-state index contributed by atoms with van der Waals surface area (Å²) in [5.74, 6) is 2.08. The van der Waals surface area contributed by atoms with Gasteiger partial charge in [0, 0.05) is 36.8 Å². The standard InChI is InChI=1S/C23H26N4O2/c1-29-19-8-4-6-16(14-19)21-20-9-2-3-13-27(20)22(25-21)17-7-5-12-26(15-17)23(28)24-18-10-11-18/h2-4,6,8-9,13-14,17-18H,5,7,10-12,15H2,1H3,(H,24,28). The van der Waals surface area contributed by atoms with Gasteiger partial charge in [-0.1, -0.05) is 18.2 Å². The van der Waals surface area contributed by atoms with Crippen molar-refractivity contribution < 1.29 is 9.53 Å². The minimum atomic E-state index is 0.0751. The summed E-state index contributed by atoms with van der Waals surface area (Å²) in [6.07, 6.45) is 6.33. The van der Waals surface area contributed by atoms with Gasteiger partial charge < -0.3 is 19.4 Å². The number of carbonyl (C=O) groups excluding carboxylic acids is 1. The highest BCUT2D eigenvalue weighted by Crippen LogP contribution is 2.33. The lowest BCUT2D eigenvalue weighted by Crippen LogP contribution is -2.45. The summed E-state index contributed by atoms with van der Waals surface area (Å²) >= 11 is 0. The number of imidazole rings is 1. The molecule has 2 aliphatic rings. The summed E-state index contributed by atoms with van der Waals surface area (Å²) < 4.78 is 7.59. The molecule has 1 saturated carbocycles. The van der Waals surface area contributed by atoms with E-state index >= 15 is 0 Å². The molecule has 2 aromatic heterocycles. The van der Waals surface area contributed by atoms with Crippen LogP contribution >= 0.6 is 0 Å². The first-order valence-corrected chi connectivity index (χ1v) is 10.4. The highest BCUT2D eigenvalue weighted by molar-refractivity contribution is 5.78. The van der Waals surface area contributed by atoms with Crippen LogP contribution in [0, 0.1) is 0 Å². The second-order valence-corrected chi connectivity index (χ2v) is 8.02. The maximum atomic E-state index is 12.6. The molecule has 1 aliphatic heterocycles. The number of nitrogens with zero attached hydrogens (tertiary/aromatic N) is 3. The van der Waals surface area contributed by atoms with Gasteiger partial charge in [-0.05, 0) is 49.9 Å². The van der Waals surface area contributed by atoms with Gasteiger partial charge in [0.1, 0.15) is 11.6 Å². The van der Waals surface area contributed by atoms with E-state index in [0.29, 0.717) is 12.6 Å². The third-order valence-electron chi connectivity index (χ3n) is 5.90. The number of hydrogen-bond donors (Lipinski definition) is 1. The van der Waals surface area contributed by atoms with Crippen LogP contribution in [0.25, 0.3) is 16.8 Å². The monoisotopic (exact) mass is 390 g/mol. The van der Waals surface area contributed by atoms with Gasteiger partial charge in [0.2, 0.25) is 0 Å². The summed E-state index contributed by atoms with van der Waals surface area (Å²) in [5.41, 5.74) is 3.08. The molecular weight excluding hydrogens is 364 g/mol. The van der Waals surface area contributed by atoms with Crippen molar-refractivity contribution in [2.75, 3.05) is 20.2 Å². The number of rotatable bonds is 4. The number of ether oxygens (including phenoxy) is 1. The van der Waals surface area contributed by atoms with Crippen LogP contribution in [0.15, 0.2) is 48.7 Å². The number of pyridine rings is 1. The molecule has 1 atom stereocenters. The molecular formula is C23H26N4O2. The van der Waals surface area contributed by atoms with E-state index in [-0.39, 0.29) is 11.9 Å². The average Bonchev–Trinajstić information content (AvgIpc) is 3.50. The zero-order chi connectivity index (χ0) is 19.8. The van der Waals surface area contributed by atoms with Crippen molar-refractivity contribution in [1.29, 1.82) is 0 Å². The second-order valence-electron chi connectivity index (χ2n) is 8.02. The molecule has 2 amide bonds. The van der Waals surface area contributed by atoms with Crippen LogP contribution in [0.4, 0.5) is 4.79 Å². The molecule has 5 rings (SSSR count). The minimum absolute atomic E-state index is 0.0751. The quantitative estimate of drug-likeness (QED) is 0.731. The Morgan fingerprint density at radius 3 is 2.90 bits per heavy atom. The number of nitrogens with one attached hydrogen (secondary N) is 1. The highest BCUT2D eigenvalue weighted by Gasteiger charge is 2.31. The molecule has 1 saturated heterocycles. The summed E-state index contributed by atoms with van der Waals surface area (Å²) in [6, 6.07) is 14.7. The lowest BCUT2D eigenvalue weighted by Gasteiger charge is -2.32. The van der Waals surface area contributed by atoms with Gasteiger partial charge in [0.05, 0.1) is 18.3 Å². The van der Waals surface area contributed by atoms with Crippen LogP contribution in [-0.2, 0) is 0 Å². The maximum Gasteiger partial charge on any atom is 0.317 e. The summed E-state index contributed by atoms with van der Waals surface area (Å²) in [5, 5.41) is 3.12. The SMILES string of the molecule is COc1cccc(-c2nc(C3CCCN(C(=O)NC4CC4)C3)n3ccccc23)c1. The molecule has 1 N–H and O–H groups in total. The first-order valence-electron chi connectivity index (χ1n) is 10.4. The van der Waals surface area contributed by atoms with Crippen molar-refractivity contribution >= 4 is 11.5 Å². The predicted octanol–water partition coefficient (Wildman–Crippen LogP) is 4.06. The number of methoxy groups -OCH3 is 1. The van der Waals surface area contributed by atoms with Crippen molar-refractivity contribution in [3.63, 3.8) is 0 Å². The second kappa shape index (κ2) is 7.43. The van der Waals surface area contributed by atoms with Crippen molar-refractivity contribution in [3.8, 4) is 17.0 Å². The number of amides is 2. The summed E-state index contributed by atoms with van der Waals surface area (Å²) in [6.45, 7) is 1.53. The molecule has 6 heteroatoms.